The van der Waals surface area contributed by atoms with Gasteiger partial charge in [0.15, 0.2) is 0 Å². The third-order valence-corrected chi connectivity index (χ3v) is 6.61. The summed E-state index contributed by atoms with van der Waals surface area (Å²) in [7, 11) is 11.0. The van der Waals surface area contributed by atoms with Gasteiger partial charge in [-0.05, 0) is 51.0 Å². The number of rotatable bonds is 6. The molecule has 10 heteroatoms. The molecule has 0 amide bonds. The molecule has 3 aliphatic heterocycles. The zero-order chi connectivity index (χ0) is 21.1. The number of fused-ring (bicyclic) bond motifs is 1. The van der Waals surface area contributed by atoms with Gasteiger partial charge in [-0.3, -0.25) is 16.0 Å². The highest BCUT2D eigenvalue weighted by atomic mass is 16.7. The van der Waals surface area contributed by atoms with Gasteiger partial charge in [0.25, 0.3) is 0 Å². The molecule has 8 nitrogen and oxygen atoms in total. The summed E-state index contributed by atoms with van der Waals surface area (Å²) < 4.78 is 11.9. The van der Waals surface area contributed by atoms with E-state index in [1.807, 2.05) is 0 Å². The molecular weight excluding hydrogens is 380 g/mol. The van der Waals surface area contributed by atoms with Crippen LogP contribution in [0, 0.1) is 5.92 Å². The van der Waals surface area contributed by atoms with Crippen molar-refractivity contribution >= 4 is 15.7 Å². The third-order valence-electron chi connectivity index (χ3n) is 6.61. The Kier molecular flexibility index (Phi) is 7.58. The molecule has 7 unspecified atom stereocenters. The van der Waals surface area contributed by atoms with Gasteiger partial charge < -0.3 is 25.2 Å². The minimum Gasteiger partial charge on any atom is -0.408 e. The molecule has 0 spiro atoms. The normalized spacial score (nSPS) is 40.5. The van der Waals surface area contributed by atoms with Crippen LogP contribution in [-0.2, 0) is 9.47 Å². The summed E-state index contributed by atoms with van der Waals surface area (Å²) in [5.74, 6) is 0.392. The van der Waals surface area contributed by atoms with Gasteiger partial charge in [0.1, 0.15) is 28.8 Å². The van der Waals surface area contributed by atoms with Crippen LogP contribution in [0.3, 0.4) is 0 Å². The minimum atomic E-state index is -1.72. The highest BCUT2D eigenvalue weighted by Gasteiger charge is 2.44. The van der Waals surface area contributed by atoms with E-state index in [2.05, 4.69) is 39.6 Å². The van der Waals surface area contributed by atoms with Crippen LogP contribution in [0.15, 0.2) is 11.6 Å². The van der Waals surface area contributed by atoms with Crippen LogP contribution < -0.4 is 26.6 Å². The maximum Gasteiger partial charge on any atom is 0.147 e. The highest BCUT2D eigenvalue weighted by Crippen LogP contribution is 2.39. The van der Waals surface area contributed by atoms with E-state index in [9.17, 15) is 5.11 Å². The Morgan fingerprint density at radius 2 is 2.10 bits per heavy atom. The fraction of sp³-hybridized carbons (Fsp3) is 0.900. The fourth-order valence-electron chi connectivity index (χ4n) is 5.25. The van der Waals surface area contributed by atoms with Crippen LogP contribution in [0.5, 0.6) is 0 Å². The van der Waals surface area contributed by atoms with Gasteiger partial charge in [-0.15, -0.1) is 0 Å². The van der Waals surface area contributed by atoms with E-state index in [-0.39, 0.29) is 31.2 Å². The fourth-order valence-corrected chi connectivity index (χ4v) is 5.25. The Labute approximate surface area is 182 Å². The second-order valence-electron chi connectivity index (χ2n) is 9.31. The van der Waals surface area contributed by atoms with Gasteiger partial charge in [0, 0.05) is 31.1 Å². The van der Waals surface area contributed by atoms with Crippen LogP contribution in [0.1, 0.15) is 39.0 Å². The van der Waals surface area contributed by atoms with Crippen molar-refractivity contribution in [2.75, 3.05) is 26.4 Å². The molecule has 1 saturated carbocycles. The summed E-state index contributed by atoms with van der Waals surface area (Å²) in [5, 5.41) is 25.4. The highest BCUT2D eigenvalue weighted by molar-refractivity contribution is 6.39. The average molecular weight is 415 g/mol. The molecule has 30 heavy (non-hydrogen) atoms. The molecular formula is C20H35B2N5O3. The largest absolute Gasteiger partial charge is 0.408 e. The van der Waals surface area contributed by atoms with Gasteiger partial charge in [0.05, 0.1) is 18.4 Å². The lowest BCUT2D eigenvalue weighted by molar-refractivity contribution is 0.0310. The average Bonchev–Trinajstić information content (AvgIpc) is 2.98. The first-order valence-electron chi connectivity index (χ1n) is 11.3. The summed E-state index contributed by atoms with van der Waals surface area (Å²) in [6.07, 6.45) is 7.75. The van der Waals surface area contributed by atoms with E-state index in [1.54, 1.807) is 0 Å². The Bertz CT molecular complexity index is 605. The maximum atomic E-state index is 9.60. The number of hydrogen-bond donors (Lipinski definition) is 6. The Hall–Kier alpha value is -0.450. The summed E-state index contributed by atoms with van der Waals surface area (Å²) in [6.45, 7) is 4.68. The van der Waals surface area contributed by atoms with Crippen LogP contribution in [0.2, 0.25) is 0 Å². The van der Waals surface area contributed by atoms with Gasteiger partial charge >= 0.3 is 0 Å². The number of nitrogens with one attached hydrogen (secondary N) is 5. The number of hydrogen-bond acceptors (Lipinski definition) is 8. The molecule has 164 valence electrons. The molecule has 4 rings (SSSR count). The van der Waals surface area contributed by atoms with Gasteiger partial charge in [-0.25, -0.2) is 0 Å². The number of ether oxygens (including phenoxy) is 2. The van der Waals surface area contributed by atoms with Crippen molar-refractivity contribution in [2.24, 2.45) is 5.92 Å². The van der Waals surface area contributed by atoms with E-state index >= 15 is 0 Å². The second kappa shape index (κ2) is 10.0. The summed E-state index contributed by atoms with van der Waals surface area (Å²) in [5.41, 5.74) is 1.51. The van der Waals surface area contributed by atoms with Crippen LogP contribution >= 0.6 is 0 Å². The van der Waals surface area contributed by atoms with E-state index in [0.29, 0.717) is 24.8 Å². The molecule has 4 aliphatic rings. The second-order valence-corrected chi connectivity index (χ2v) is 9.31. The smallest absolute Gasteiger partial charge is 0.147 e. The summed E-state index contributed by atoms with van der Waals surface area (Å²) in [4.78, 5) is 0. The Morgan fingerprint density at radius 3 is 2.93 bits per heavy atom. The van der Waals surface area contributed by atoms with Crippen LogP contribution in [0.4, 0.5) is 0 Å². The van der Waals surface area contributed by atoms with Crippen molar-refractivity contribution in [3.8, 4) is 0 Å². The summed E-state index contributed by atoms with van der Waals surface area (Å²) >= 11 is 0. The lowest BCUT2D eigenvalue weighted by Crippen LogP contribution is -2.69. The molecule has 0 aromatic carbocycles. The first-order valence-corrected chi connectivity index (χ1v) is 11.3. The molecule has 0 aromatic heterocycles. The number of aliphatic hydroxyl groups is 1. The van der Waals surface area contributed by atoms with Crippen molar-refractivity contribution in [2.45, 2.75) is 81.2 Å². The Morgan fingerprint density at radius 1 is 1.23 bits per heavy atom. The first-order chi connectivity index (χ1) is 14.4. The van der Waals surface area contributed by atoms with Crippen LogP contribution in [-0.4, -0.2) is 89.4 Å². The first kappa shape index (κ1) is 22.7. The van der Waals surface area contributed by atoms with Crippen LogP contribution in [0.25, 0.3) is 0 Å². The molecule has 6 N–H and O–H groups in total. The van der Waals surface area contributed by atoms with Crippen molar-refractivity contribution in [3.05, 3.63) is 11.6 Å². The maximum absolute atomic E-state index is 9.60. The van der Waals surface area contributed by atoms with Crippen molar-refractivity contribution in [1.82, 2.24) is 26.6 Å². The third kappa shape index (κ3) is 6.07. The summed E-state index contributed by atoms with van der Waals surface area (Å²) in [6, 6.07) is 0.616. The predicted octanol–water partition coefficient (Wildman–Crippen LogP) is -1.44. The van der Waals surface area contributed by atoms with Crippen molar-refractivity contribution < 1.29 is 14.6 Å². The SMILES string of the molecule is [B]C([B])(O)CNC1CC(C)NC(NC2CC3OCOC3C(C3=CCNCCC3)C2)N1. The minimum absolute atomic E-state index is 0.00575. The van der Waals surface area contributed by atoms with E-state index in [0.717, 1.165) is 38.8 Å². The molecule has 4 radical (unpaired) electrons. The molecule has 0 aromatic rings. The van der Waals surface area contributed by atoms with Gasteiger partial charge in [0.2, 0.25) is 0 Å². The van der Waals surface area contributed by atoms with E-state index < -0.39 is 5.40 Å². The molecule has 1 aliphatic carbocycles. The molecule has 2 saturated heterocycles. The molecule has 3 fully saturated rings. The predicted molar refractivity (Wildman–Crippen MR) is 117 cm³/mol. The lowest BCUT2D eigenvalue weighted by atomic mass is 9.65. The van der Waals surface area contributed by atoms with E-state index in [4.69, 9.17) is 25.2 Å². The molecule has 0 bridgehead atoms. The molecule has 7 atom stereocenters. The molecule has 3 heterocycles. The van der Waals surface area contributed by atoms with E-state index in [1.165, 1.54) is 12.0 Å². The van der Waals surface area contributed by atoms with Gasteiger partial charge in [-0.1, -0.05) is 11.6 Å². The zero-order valence-corrected chi connectivity index (χ0v) is 17.9. The van der Waals surface area contributed by atoms with Gasteiger partial charge in [-0.2, -0.15) is 0 Å². The Balaban J connectivity index is 1.37. The lowest BCUT2D eigenvalue weighted by Gasteiger charge is -2.43. The monoisotopic (exact) mass is 415 g/mol. The quantitative estimate of drug-likeness (QED) is 0.232. The topological polar surface area (TPSA) is 98.8 Å². The van der Waals surface area contributed by atoms with Crippen molar-refractivity contribution in [3.63, 3.8) is 0 Å². The standard InChI is InChI=1S/C20H35B2N5O3/c1-12-7-17(24-10-20(21,22)28)27-19(25-12)26-14-8-15(13-3-2-5-23-6-4-13)18-16(9-14)29-11-30-18/h4,12,14-19,23-28H,2-3,5-11H2,1H3. The zero-order valence-electron chi connectivity index (χ0n) is 17.9. The van der Waals surface area contributed by atoms with Crippen molar-refractivity contribution in [1.29, 1.82) is 0 Å².